The van der Waals surface area contributed by atoms with Crippen LogP contribution in [0.25, 0.3) is 21.9 Å². The topological polar surface area (TPSA) is 169 Å². The van der Waals surface area contributed by atoms with Crippen LogP contribution >= 0.6 is 0 Å². The number of aliphatic hydroxyl groups excluding tert-OH is 2. The second kappa shape index (κ2) is 19.9. The van der Waals surface area contributed by atoms with Gasteiger partial charge < -0.3 is 59.3 Å². The quantitative estimate of drug-likeness (QED) is 0.0552. The molecule has 2 saturated carbocycles. The van der Waals surface area contributed by atoms with E-state index in [1.165, 1.54) is 0 Å². The van der Waals surface area contributed by atoms with Gasteiger partial charge in [-0.1, -0.05) is 19.1 Å². The first-order valence-electron chi connectivity index (χ1n) is 23.9. The van der Waals surface area contributed by atoms with E-state index in [0.717, 1.165) is 70.9 Å². The molecule has 2 heterocycles. The summed E-state index contributed by atoms with van der Waals surface area (Å²) in [6.45, 7) is 2.66. The summed E-state index contributed by atoms with van der Waals surface area (Å²) in [5.41, 5.74) is 5.52. The maximum atomic E-state index is 13.1. The third-order valence-corrected chi connectivity index (χ3v) is 14.6. The summed E-state index contributed by atoms with van der Waals surface area (Å²) in [5, 5.41) is 61.4. The summed E-state index contributed by atoms with van der Waals surface area (Å²) in [7, 11) is 5.22. The van der Waals surface area contributed by atoms with Crippen molar-refractivity contribution in [1.82, 2.24) is 5.32 Å². The zero-order valence-corrected chi connectivity index (χ0v) is 38.5. The number of rotatable bonds is 15. The van der Waals surface area contributed by atoms with Crippen molar-refractivity contribution in [2.24, 2.45) is 11.8 Å². The first-order chi connectivity index (χ1) is 32.1. The number of benzene rings is 5. The highest BCUT2D eigenvalue weighted by Gasteiger charge is 2.50. The fraction of sp³-hybridized carbons (Fsp3) is 0.481. The highest BCUT2D eigenvalue weighted by molar-refractivity contribution is 5.96. The normalized spacial score (nSPS) is 25.2. The summed E-state index contributed by atoms with van der Waals surface area (Å²) >= 11 is 0. The standard InChI is InChI=1S/C54H65NO11/c1-5-30-23-40(31-10-8-11-34(56)21-31)32(24-46(30)59)20-33-22-38(64-37-12-6-7-13-37)27-42-51(60)44(29-63-52(33)42)50-47(14-9-19-61-3)65-53-39-17-15-35(57)25-41(39)48(62-4)28-43(53)54(50)66-49-26-36(58)16-18-45(49)55-2/h8,10-11,15,17,21-25,27-28,36-37,44-45,47,49-51,54-60H,5-7,9,12-14,16,18-20,26,29H2,1-4H3. The molecule has 8 unspecified atom stereocenters. The van der Waals surface area contributed by atoms with Gasteiger partial charge in [0.05, 0.1) is 44.2 Å². The van der Waals surface area contributed by atoms with Crippen LogP contribution in [0, 0.1) is 11.8 Å². The fourth-order valence-corrected chi connectivity index (χ4v) is 11.2. The molecule has 12 nitrogen and oxygen atoms in total. The average molecular weight is 904 g/mol. The van der Waals surface area contributed by atoms with Crippen LogP contribution in [-0.2, 0) is 22.3 Å². The SMILES string of the molecule is CCc1cc(-c2cccc(O)c2)c(Cc2cc(OC3CCCC3)cc3c2OCC(C2C(CCCOC)Oc4c(cc(OC)c5cc(O)ccc45)C2OC2CC(O)CCC2NC)C3O)cc1O. The smallest absolute Gasteiger partial charge is 0.133 e. The average Bonchev–Trinajstić information content (AvgIpc) is 3.82. The van der Waals surface area contributed by atoms with Crippen LogP contribution in [0.2, 0.25) is 0 Å². The number of fused-ring (bicyclic) bond motifs is 4. The summed E-state index contributed by atoms with van der Waals surface area (Å²) in [6.07, 6.45) is 5.22. The lowest BCUT2D eigenvalue weighted by molar-refractivity contribution is -0.151. The fourth-order valence-electron chi connectivity index (χ4n) is 11.2. The van der Waals surface area contributed by atoms with Crippen molar-refractivity contribution in [1.29, 1.82) is 0 Å². The van der Waals surface area contributed by atoms with Gasteiger partial charge in [-0.2, -0.15) is 0 Å². The predicted molar refractivity (Wildman–Crippen MR) is 252 cm³/mol. The molecule has 2 aliphatic carbocycles. The molecule has 8 atom stereocenters. The van der Waals surface area contributed by atoms with Gasteiger partial charge in [-0.15, -0.1) is 0 Å². The largest absolute Gasteiger partial charge is 0.508 e. The molecule has 6 N–H and O–H groups in total. The number of likely N-dealkylation sites (N-methyl/N-ethyl adjacent to an activating group) is 1. The van der Waals surface area contributed by atoms with Gasteiger partial charge in [0.15, 0.2) is 0 Å². The molecule has 0 radical (unpaired) electrons. The Bertz CT molecular complexity index is 2500. The van der Waals surface area contributed by atoms with Crippen LogP contribution < -0.4 is 24.3 Å². The molecule has 5 aromatic rings. The lowest BCUT2D eigenvalue weighted by Gasteiger charge is -2.48. The van der Waals surface area contributed by atoms with Crippen LogP contribution in [-0.4, -0.2) is 90.5 Å². The molecule has 0 spiro atoms. The van der Waals surface area contributed by atoms with Crippen LogP contribution in [0.4, 0.5) is 0 Å². The van der Waals surface area contributed by atoms with Gasteiger partial charge in [0.2, 0.25) is 0 Å². The molecule has 0 aromatic heterocycles. The van der Waals surface area contributed by atoms with Crippen molar-refractivity contribution in [3.63, 3.8) is 0 Å². The molecule has 2 fully saturated rings. The first kappa shape index (κ1) is 45.9. The van der Waals surface area contributed by atoms with E-state index in [1.807, 2.05) is 56.4 Å². The molecule has 9 rings (SSSR count). The van der Waals surface area contributed by atoms with E-state index in [4.69, 9.17) is 28.4 Å². The number of ether oxygens (including phenoxy) is 6. The van der Waals surface area contributed by atoms with Crippen molar-refractivity contribution in [3.8, 4) is 51.4 Å². The summed E-state index contributed by atoms with van der Waals surface area (Å²) in [6, 6.07) is 22.0. The third kappa shape index (κ3) is 9.23. The Morgan fingerprint density at radius 2 is 1.62 bits per heavy atom. The molecule has 12 heteroatoms. The van der Waals surface area contributed by atoms with E-state index >= 15 is 0 Å². The maximum absolute atomic E-state index is 13.1. The van der Waals surface area contributed by atoms with E-state index in [2.05, 4.69) is 5.32 Å². The molecular formula is C54H65NO11. The third-order valence-electron chi connectivity index (χ3n) is 14.6. The number of aliphatic hydroxyl groups is 2. The van der Waals surface area contributed by atoms with E-state index < -0.39 is 36.3 Å². The monoisotopic (exact) mass is 903 g/mol. The van der Waals surface area contributed by atoms with E-state index in [0.29, 0.717) is 79.1 Å². The number of phenols is 3. The number of hydrogen-bond donors (Lipinski definition) is 6. The van der Waals surface area contributed by atoms with Gasteiger partial charge in [-0.25, -0.2) is 0 Å². The Morgan fingerprint density at radius 3 is 2.38 bits per heavy atom. The predicted octanol–water partition coefficient (Wildman–Crippen LogP) is 9.21. The second-order valence-electron chi connectivity index (χ2n) is 18.7. The van der Waals surface area contributed by atoms with Crippen LogP contribution in [0.5, 0.6) is 40.2 Å². The van der Waals surface area contributed by atoms with Gasteiger partial charge in [0.25, 0.3) is 0 Å². The highest BCUT2D eigenvalue weighted by atomic mass is 16.5. The van der Waals surface area contributed by atoms with Gasteiger partial charge in [0.1, 0.15) is 46.4 Å². The highest BCUT2D eigenvalue weighted by Crippen LogP contribution is 2.55. The van der Waals surface area contributed by atoms with E-state index in [1.54, 1.807) is 44.6 Å². The van der Waals surface area contributed by atoms with Crippen LogP contribution in [0.15, 0.2) is 72.8 Å². The van der Waals surface area contributed by atoms with Crippen molar-refractivity contribution in [2.45, 2.75) is 120 Å². The molecule has 0 bridgehead atoms. The second-order valence-corrected chi connectivity index (χ2v) is 18.7. The van der Waals surface area contributed by atoms with Crippen molar-refractivity contribution >= 4 is 10.8 Å². The van der Waals surface area contributed by atoms with Crippen molar-refractivity contribution in [2.75, 3.05) is 34.5 Å². The number of hydrogen-bond acceptors (Lipinski definition) is 12. The first-order valence-corrected chi connectivity index (χ1v) is 23.9. The van der Waals surface area contributed by atoms with E-state index in [-0.39, 0.29) is 42.1 Å². The lowest BCUT2D eigenvalue weighted by Crippen LogP contribution is -2.51. The van der Waals surface area contributed by atoms with Crippen LogP contribution in [0.1, 0.15) is 105 Å². The Labute approximate surface area is 387 Å². The zero-order chi connectivity index (χ0) is 46.1. The number of nitrogens with one attached hydrogen (secondary N) is 1. The Hall–Kier alpha value is -5.24. The molecular weight excluding hydrogens is 839 g/mol. The minimum absolute atomic E-state index is 0.0201. The summed E-state index contributed by atoms with van der Waals surface area (Å²) in [5.74, 6) is 1.87. The minimum atomic E-state index is -1.04. The zero-order valence-electron chi connectivity index (χ0n) is 38.5. The molecule has 2 aliphatic heterocycles. The lowest BCUT2D eigenvalue weighted by atomic mass is 9.72. The maximum Gasteiger partial charge on any atom is 0.133 e. The van der Waals surface area contributed by atoms with Crippen molar-refractivity contribution in [3.05, 3.63) is 101 Å². The molecule has 66 heavy (non-hydrogen) atoms. The molecule has 0 saturated heterocycles. The Balaban J connectivity index is 1.17. The number of aromatic hydroxyl groups is 3. The van der Waals surface area contributed by atoms with Gasteiger partial charge in [-0.05, 0) is 148 Å². The summed E-state index contributed by atoms with van der Waals surface area (Å²) in [4.78, 5) is 0. The molecule has 0 amide bonds. The van der Waals surface area contributed by atoms with Gasteiger partial charge in [0, 0.05) is 71.9 Å². The van der Waals surface area contributed by atoms with Gasteiger partial charge >= 0.3 is 0 Å². The van der Waals surface area contributed by atoms with Crippen molar-refractivity contribution < 1.29 is 54.0 Å². The van der Waals surface area contributed by atoms with Crippen LogP contribution in [0.3, 0.4) is 0 Å². The Morgan fingerprint density at radius 1 is 0.803 bits per heavy atom. The Kier molecular flexibility index (Phi) is 13.9. The summed E-state index contributed by atoms with van der Waals surface area (Å²) < 4.78 is 39.8. The molecule has 352 valence electrons. The number of methoxy groups -OCH3 is 2. The number of phenolic OH excluding ortho intramolecular Hbond substituents is 3. The minimum Gasteiger partial charge on any atom is -0.508 e. The molecule has 5 aromatic carbocycles. The van der Waals surface area contributed by atoms with Gasteiger partial charge in [-0.3, -0.25) is 0 Å². The van der Waals surface area contributed by atoms with E-state index in [9.17, 15) is 25.5 Å². The molecule has 4 aliphatic rings. The number of aryl methyl sites for hydroxylation is 1.